The summed E-state index contributed by atoms with van der Waals surface area (Å²) in [5.41, 5.74) is 8.43. The van der Waals surface area contributed by atoms with E-state index in [1.807, 2.05) is 18.2 Å². The normalized spacial score (nSPS) is 12.5. The third-order valence-electron chi connectivity index (χ3n) is 1.94. The van der Waals surface area contributed by atoms with Gasteiger partial charge in [-0.3, -0.25) is 4.79 Å². The number of alkyl halides is 2. The number of ketones is 1. The number of carbonyl (C=O) groups excluding carboxylic acids is 1. The molecular formula is C10H11Br2NO. The number of hydrogen-bond acceptors (Lipinski definition) is 2. The van der Waals surface area contributed by atoms with Crippen LogP contribution in [0.25, 0.3) is 0 Å². The highest BCUT2D eigenvalue weighted by Gasteiger charge is 2.15. The Morgan fingerprint density at radius 1 is 1.57 bits per heavy atom. The lowest BCUT2D eigenvalue weighted by Gasteiger charge is -2.10. The lowest BCUT2D eigenvalue weighted by molar-refractivity contribution is -0.116. The average molecular weight is 321 g/mol. The summed E-state index contributed by atoms with van der Waals surface area (Å²) in [4.78, 5) is 10.8. The summed E-state index contributed by atoms with van der Waals surface area (Å²) in [7, 11) is 0. The summed E-state index contributed by atoms with van der Waals surface area (Å²) in [5, 5.41) is 0.768. The van der Waals surface area contributed by atoms with Crippen LogP contribution in [-0.2, 0) is 10.1 Å². The van der Waals surface area contributed by atoms with E-state index in [0.717, 1.165) is 16.5 Å². The van der Waals surface area contributed by atoms with E-state index >= 15 is 0 Å². The van der Waals surface area contributed by atoms with Crippen LogP contribution >= 0.6 is 31.9 Å². The van der Waals surface area contributed by atoms with Crippen LogP contribution in [0.1, 0.15) is 22.9 Å². The van der Waals surface area contributed by atoms with Crippen molar-refractivity contribution < 1.29 is 4.79 Å². The van der Waals surface area contributed by atoms with Gasteiger partial charge in [0.15, 0.2) is 0 Å². The fraction of sp³-hybridized carbons (Fsp3) is 0.300. The molecule has 0 aliphatic rings. The van der Waals surface area contributed by atoms with Gasteiger partial charge in [0.05, 0.1) is 4.83 Å². The van der Waals surface area contributed by atoms with Crippen molar-refractivity contribution in [2.24, 2.45) is 0 Å². The molecule has 1 unspecified atom stereocenters. The number of carbonyl (C=O) groups is 1. The van der Waals surface area contributed by atoms with E-state index in [-0.39, 0.29) is 10.6 Å². The summed E-state index contributed by atoms with van der Waals surface area (Å²) in [6.07, 6.45) is 0. The Bertz CT molecular complexity index is 352. The molecule has 1 aromatic rings. The quantitative estimate of drug-likeness (QED) is 0.686. The number of rotatable bonds is 3. The highest BCUT2D eigenvalue weighted by molar-refractivity contribution is 9.09. The van der Waals surface area contributed by atoms with E-state index in [0.29, 0.717) is 5.69 Å². The minimum absolute atomic E-state index is 0.0586. The monoisotopic (exact) mass is 319 g/mol. The Kier molecular flexibility index (Phi) is 4.13. The molecule has 0 aliphatic carbocycles. The van der Waals surface area contributed by atoms with Crippen LogP contribution in [0.3, 0.4) is 0 Å². The van der Waals surface area contributed by atoms with Crippen LogP contribution in [0, 0.1) is 0 Å². The molecule has 76 valence electrons. The van der Waals surface area contributed by atoms with Gasteiger partial charge in [0.1, 0.15) is 5.78 Å². The second-order valence-electron chi connectivity index (χ2n) is 3.07. The molecule has 0 spiro atoms. The number of nitrogens with two attached hydrogens (primary N) is 1. The number of halogens is 2. The van der Waals surface area contributed by atoms with E-state index in [9.17, 15) is 4.79 Å². The summed E-state index contributed by atoms with van der Waals surface area (Å²) >= 11 is 6.65. The van der Waals surface area contributed by atoms with Gasteiger partial charge in [-0.1, -0.05) is 44.0 Å². The maximum Gasteiger partial charge on any atom is 0.147 e. The molecule has 0 aliphatic heterocycles. The van der Waals surface area contributed by atoms with Gasteiger partial charge in [-0.05, 0) is 24.1 Å². The summed E-state index contributed by atoms with van der Waals surface area (Å²) < 4.78 is 0. The summed E-state index contributed by atoms with van der Waals surface area (Å²) in [5.74, 6) is 0.0586. The van der Waals surface area contributed by atoms with Crippen molar-refractivity contribution in [1.29, 1.82) is 0 Å². The topological polar surface area (TPSA) is 43.1 Å². The molecule has 0 heterocycles. The highest BCUT2D eigenvalue weighted by atomic mass is 79.9. The van der Waals surface area contributed by atoms with E-state index in [1.165, 1.54) is 6.92 Å². The Balaban J connectivity index is 3.05. The molecule has 2 nitrogen and oxygen atoms in total. The lowest BCUT2D eigenvalue weighted by atomic mass is 10.1. The van der Waals surface area contributed by atoms with Crippen LogP contribution in [-0.4, -0.2) is 5.78 Å². The van der Waals surface area contributed by atoms with E-state index in [4.69, 9.17) is 5.73 Å². The molecule has 1 atom stereocenters. The first-order valence-electron chi connectivity index (χ1n) is 4.15. The van der Waals surface area contributed by atoms with E-state index in [2.05, 4.69) is 31.9 Å². The molecule has 0 amide bonds. The molecular weight excluding hydrogens is 310 g/mol. The SMILES string of the molecule is CC(=O)C(Br)c1ccc(CBr)cc1N. The van der Waals surface area contributed by atoms with Gasteiger partial charge in [-0.15, -0.1) is 0 Å². The van der Waals surface area contributed by atoms with Crippen LogP contribution in [0.4, 0.5) is 5.69 Å². The zero-order valence-electron chi connectivity index (χ0n) is 7.76. The average Bonchev–Trinajstić information content (AvgIpc) is 2.16. The van der Waals surface area contributed by atoms with Crippen molar-refractivity contribution in [3.8, 4) is 0 Å². The molecule has 2 N–H and O–H groups in total. The summed E-state index contributed by atoms with van der Waals surface area (Å²) in [6.45, 7) is 1.54. The fourth-order valence-electron chi connectivity index (χ4n) is 1.16. The van der Waals surface area contributed by atoms with Crippen molar-refractivity contribution >= 4 is 43.3 Å². The number of benzene rings is 1. The molecule has 4 heteroatoms. The van der Waals surface area contributed by atoms with Gasteiger partial charge in [-0.2, -0.15) is 0 Å². The predicted octanol–water partition coefficient (Wildman–Crippen LogP) is 3.19. The van der Waals surface area contributed by atoms with Gasteiger partial charge in [-0.25, -0.2) is 0 Å². The maximum atomic E-state index is 11.1. The Hall–Kier alpha value is -0.350. The number of hydrogen-bond donors (Lipinski definition) is 1. The smallest absolute Gasteiger partial charge is 0.147 e. The molecule has 0 aromatic heterocycles. The second-order valence-corrected chi connectivity index (χ2v) is 4.55. The molecule has 1 aromatic carbocycles. The number of Topliss-reactive ketones (excluding diaryl/α,β-unsaturated/α-hetero) is 1. The standard InChI is InChI=1S/C10H11Br2NO/c1-6(14)10(12)8-3-2-7(5-11)4-9(8)13/h2-4,10H,5,13H2,1H3. The van der Waals surface area contributed by atoms with Gasteiger partial charge in [0.2, 0.25) is 0 Å². The minimum Gasteiger partial charge on any atom is -0.398 e. The molecule has 0 bridgehead atoms. The van der Waals surface area contributed by atoms with E-state index < -0.39 is 0 Å². The third-order valence-corrected chi connectivity index (χ3v) is 3.72. The van der Waals surface area contributed by atoms with Crippen LogP contribution in [0.15, 0.2) is 18.2 Å². The lowest BCUT2D eigenvalue weighted by Crippen LogP contribution is -2.04. The Morgan fingerprint density at radius 3 is 2.64 bits per heavy atom. The van der Waals surface area contributed by atoms with Crippen molar-refractivity contribution in [2.45, 2.75) is 17.1 Å². The second kappa shape index (κ2) is 4.94. The first-order chi connectivity index (χ1) is 6.56. The minimum atomic E-state index is -0.299. The summed E-state index contributed by atoms with van der Waals surface area (Å²) in [6, 6.07) is 5.71. The van der Waals surface area contributed by atoms with E-state index in [1.54, 1.807) is 0 Å². The zero-order chi connectivity index (χ0) is 10.7. The Labute approximate surface area is 100 Å². The van der Waals surface area contributed by atoms with Crippen LogP contribution in [0.5, 0.6) is 0 Å². The maximum absolute atomic E-state index is 11.1. The molecule has 0 saturated carbocycles. The van der Waals surface area contributed by atoms with Gasteiger partial charge in [0.25, 0.3) is 0 Å². The third kappa shape index (κ3) is 2.58. The molecule has 1 rings (SSSR count). The molecule has 14 heavy (non-hydrogen) atoms. The first-order valence-corrected chi connectivity index (χ1v) is 6.18. The number of nitrogen functional groups attached to an aromatic ring is 1. The Morgan fingerprint density at radius 2 is 2.21 bits per heavy atom. The number of anilines is 1. The van der Waals surface area contributed by atoms with Crippen molar-refractivity contribution in [2.75, 3.05) is 5.73 Å². The first kappa shape index (κ1) is 11.7. The van der Waals surface area contributed by atoms with Crippen LogP contribution in [0.2, 0.25) is 0 Å². The van der Waals surface area contributed by atoms with Crippen molar-refractivity contribution in [1.82, 2.24) is 0 Å². The zero-order valence-corrected chi connectivity index (χ0v) is 10.9. The van der Waals surface area contributed by atoms with Gasteiger partial charge >= 0.3 is 0 Å². The van der Waals surface area contributed by atoms with Gasteiger partial charge in [0, 0.05) is 11.0 Å². The van der Waals surface area contributed by atoms with Crippen LogP contribution < -0.4 is 5.73 Å². The molecule has 0 radical (unpaired) electrons. The largest absolute Gasteiger partial charge is 0.398 e. The van der Waals surface area contributed by atoms with Crippen molar-refractivity contribution in [3.63, 3.8) is 0 Å². The fourth-order valence-corrected chi connectivity index (χ4v) is 1.92. The molecule has 0 saturated heterocycles. The van der Waals surface area contributed by atoms with Gasteiger partial charge < -0.3 is 5.73 Å². The predicted molar refractivity (Wildman–Crippen MR) is 65.8 cm³/mol. The highest BCUT2D eigenvalue weighted by Crippen LogP contribution is 2.29. The molecule has 0 fully saturated rings. The van der Waals surface area contributed by atoms with Crippen molar-refractivity contribution in [3.05, 3.63) is 29.3 Å².